The summed E-state index contributed by atoms with van der Waals surface area (Å²) in [5.41, 5.74) is 0.00151. The average molecular weight is 272 g/mol. The fourth-order valence-electron chi connectivity index (χ4n) is 2.87. The summed E-state index contributed by atoms with van der Waals surface area (Å²) in [5, 5.41) is 8.66. The number of rotatable bonds is 4. The van der Waals surface area contributed by atoms with Crippen molar-refractivity contribution < 1.29 is 4.74 Å². The van der Waals surface area contributed by atoms with Crippen molar-refractivity contribution in [2.45, 2.75) is 64.5 Å². The third-order valence-electron chi connectivity index (χ3n) is 4.16. The molecule has 1 aromatic rings. The minimum absolute atomic E-state index is 0.00151. The molecule has 1 saturated heterocycles. The van der Waals surface area contributed by atoms with E-state index < -0.39 is 0 Å². The largest absolute Gasteiger partial charge is 0.375 e. The zero-order chi connectivity index (χ0) is 13.2. The molecule has 0 aromatic carbocycles. The van der Waals surface area contributed by atoms with Crippen LogP contribution in [-0.2, 0) is 11.2 Å². The Bertz CT molecular complexity index is 401. The number of aryl methyl sites for hydroxylation is 1. The predicted octanol–water partition coefficient (Wildman–Crippen LogP) is 3.40. The van der Waals surface area contributed by atoms with Gasteiger partial charge in [-0.3, -0.25) is 4.57 Å². The average Bonchev–Trinajstić information content (AvgIpc) is 2.79. The van der Waals surface area contributed by atoms with Crippen LogP contribution in [0.5, 0.6) is 0 Å². The van der Waals surface area contributed by atoms with E-state index in [4.69, 9.17) is 16.3 Å². The highest BCUT2D eigenvalue weighted by Crippen LogP contribution is 2.38. The summed E-state index contributed by atoms with van der Waals surface area (Å²) in [4.78, 5) is 0. The smallest absolute Gasteiger partial charge is 0.225 e. The van der Waals surface area contributed by atoms with Crippen molar-refractivity contribution in [3.05, 3.63) is 11.1 Å². The van der Waals surface area contributed by atoms with Crippen molar-refractivity contribution >= 4 is 11.6 Å². The SMILES string of the molecule is CCc1nnc(Cl)n1C1CCOC(CC)(CC)C1. The van der Waals surface area contributed by atoms with Crippen LogP contribution in [0.1, 0.15) is 58.3 Å². The lowest BCUT2D eigenvalue weighted by atomic mass is 9.86. The van der Waals surface area contributed by atoms with Gasteiger partial charge in [-0.2, -0.15) is 0 Å². The van der Waals surface area contributed by atoms with Gasteiger partial charge in [0.1, 0.15) is 5.82 Å². The molecule has 0 amide bonds. The zero-order valence-corrected chi connectivity index (χ0v) is 12.2. The van der Waals surface area contributed by atoms with Crippen molar-refractivity contribution in [1.29, 1.82) is 0 Å². The monoisotopic (exact) mass is 271 g/mol. The summed E-state index contributed by atoms with van der Waals surface area (Å²) < 4.78 is 8.11. The van der Waals surface area contributed by atoms with Gasteiger partial charge in [0.05, 0.1) is 5.60 Å². The molecule has 4 nitrogen and oxygen atoms in total. The maximum atomic E-state index is 6.19. The summed E-state index contributed by atoms with van der Waals surface area (Å²) in [7, 11) is 0. The van der Waals surface area contributed by atoms with Crippen LogP contribution >= 0.6 is 11.6 Å². The predicted molar refractivity (Wildman–Crippen MR) is 71.9 cm³/mol. The maximum Gasteiger partial charge on any atom is 0.225 e. The highest BCUT2D eigenvalue weighted by Gasteiger charge is 2.36. The number of halogens is 1. The van der Waals surface area contributed by atoms with E-state index in [-0.39, 0.29) is 5.60 Å². The molecule has 1 atom stereocenters. The second-order valence-electron chi connectivity index (χ2n) is 4.99. The molecule has 0 spiro atoms. The summed E-state index contributed by atoms with van der Waals surface area (Å²) in [6.07, 6.45) is 4.95. The van der Waals surface area contributed by atoms with Crippen LogP contribution in [0, 0.1) is 0 Å². The fourth-order valence-corrected chi connectivity index (χ4v) is 3.14. The minimum atomic E-state index is 0.00151. The second-order valence-corrected chi connectivity index (χ2v) is 5.33. The van der Waals surface area contributed by atoms with Gasteiger partial charge < -0.3 is 4.74 Å². The van der Waals surface area contributed by atoms with E-state index in [9.17, 15) is 0 Å². The Kier molecular flexibility index (Phi) is 4.28. The molecule has 0 bridgehead atoms. The first kappa shape index (κ1) is 13.8. The van der Waals surface area contributed by atoms with E-state index in [0.717, 1.165) is 44.5 Å². The van der Waals surface area contributed by atoms with E-state index in [1.165, 1.54) is 0 Å². The van der Waals surface area contributed by atoms with Gasteiger partial charge in [-0.1, -0.05) is 20.8 Å². The van der Waals surface area contributed by atoms with E-state index in [1.807, 2.05) is 0 Å². The van der Waals surface area contributed by atoms with Gasteiger partial charge in [-0.25, -0.2) is 0 Å². The summed E-state index contributed by atoms with van der Waals surface area (Å²) >= 11 is 6.19. The first-order chi connectivity index (χ1) is 8.65. The number of nitrogens with zero attached hydrogens (tertiary/aromatic N) is 3. The van der Waals surface area contributed by atoms with Crippen LogP contribution in [-0.4, -0.2) is 27.0 Å². The quantitative estimate of drug-likeness (QED) is 0.843. The lowest BCUT2D eigenvalue weighted by Crippen LogP contribution is -2.39. The Morgan fingerprint density at radius 3 is 2.67 bits per heavy atom. The second kappa shape index (κ2) is 5.57. The van der Waals surface area contributed by atoms with Crippen molar-refractivity contribution in [3.8, 4) is 0 Å². The molecule has 1 aliphatic heterocycles. The van der Waals surface area contributed by atoms with E-state index in [1.54, 1.807) is 0 Å². The highest BCUT2D eigenvalue weighted by atomic mass is 35.5. The van der Waals surface area contributed by atoms with Crippen molar-refractivity contribution in [2.75, 3.05) is 6.61 Å². The normalized spacial score (nSPS) is 23.2. The number of aromatic nitrogens is 3. The van der Waals surface area contributed by atoms with Gasteiger partial charge >= 0.3 is 0 Å². The third-order valence-corrected chi connectivity index (χ3v) is 4.42. The lowest BCUT2D eigenvalue weighted by Gasteiger charge is -2.40. The van der Waals surface area contributed by atoms with Crippen LogP contribution in [0.4, 0.5) is 0 Å². The molecule has 0 N–H and O–H groups in total. The molecule has 1 aromatic heterocycles. The first-order valence-electron chi connectivity index (χ1n) is 6.89. The van der Waals surface area contributed by atoms with Gasteiger partial charge in [0.25, 0.3) is 0 Å². The van der Waals surface area contributed by atoms with Gasteiger partial charge in [0.2, 0.25) is 5.28 Å². The Balaban J connectivity index is 2.25. The number of ether oxygens (including phenoxy) is 1. The molecule has 102 valence electrons. The fraction of sp³-hybridized carbons (Fsp3) is 0.846. The Hall–Kier alpha value is -0.610. The van der Waals surface area contributed by atoms with Crippen molar-refractivity contribution in [2.24, 2.45) is 0 Å². The van der Waals surface area contributed by atoms with Gasteiger partial charge in [-0.05, 0) is 37.3 Å². The maximum absolute atomic E-state index is 6.19. The Labute approximate surface area is 114 Å². The molecule has 0 radical (unpaired) electrons. The summed E-state index contributed by atoms with van der Waals surface area (Å²) in [5.74, 6) is 0.980. The third kappa shape index (κ3) is 2.41. The Morgan fingerprint density at radius 1 is 1.33 bits per heavy atom. The Morgan fingerprint density at radius 2 is 2.06 bits per heavy atom. The minimum Gasteiger partial charge on any atom is -0.375 e. The van der Waals surface area contributed by atoms with Crippen LogP contribution in [0.2, 0.25) is 5.28 Å². The summed E-state index contributed by atoms with van der Waals surface area (Å²) in [6.45, 7) is 7.27. The molecular formula is C13H22ClN3O. The number of hydrogen-bond acceptors (Lipinski definition) is 3. The van der Waals surface area contributed by atoms with Crippen molar-refractivity contribution in [3.63, 3.8) is 0 Å². The van der Waals surface area contributed by atoms with Gasteiger partial charge in [-0.15, -0.1) is 10.2 Å². The lowest BCUT2D eigenvalue weighted by molar-refractivity contribution is -0.0989. The summed E-state index contributed by atoms with van der Waals surface area (Å²) in [6, 6.07) is 0.371. The molecule has 5 heteroatoms. The molecular weight excluding hydrogens is 250 g/mol. The van der Waals surface area contributed by atoms with E-state index in [0.29, 0.717) is 11.3 Å². The molecule has 1 unspecified atom stereocenters. The van der Waals surface area contributed by atoms with Crippen LogP contribution < -0.4 is 0 Å². The van der Waals surface area contributed by atoms with Gasteiger partial charge in [0.15, 0.2) is 0 Å². The zero-order valence-electron chi connectivity index (χ0n) is 11.4. The molecule has 18 heavy (non-hydrogen) atoms. The number of hydrogen-bond donors (Lipinski definition) is 0. The topological polar surface area (TPSA) is 39.9 Å². The molecule has 0 aliphatic carbocycles. The molecule has 2 heterocycles. The molecule has 0 saturated carbocycles. The van der Waals surface area contributed by atoms with E-state index >= 15 is 0 Å². The van der Waals surface area contributed by atoms with Crippen LogP contribution in [0.3, 0.4) is 0 Å². The van der Waals surface area contributed by atoms with Crippen LogP contribution in [0.25, 0.3) is 0 Å². The molecule has 1 aliphatic rings. The first-order valence-corrected chi connectivity index (χ1v) is 7.26. The van der Waals surface area contributed by atoms with Crippen molar-refractivity contribution in [1.82, 2.24) is 14.8 Å². The van der Waals surface area contributed by atoms with Gasteiger partial charge in [0, 0.05) is 19.1 Å². The highest BCUT2D eigenvalue weighted by molar-refractivity contribution is 6.28. The molecule has 1 fully saturated rings. The van der Waals surface area contributed by atoms with E-state index in [2.05, 4.69) is 35.5 Å². The standard InChI is InChI=1S/C13H22ClN3O/c1-4-11-15-16-12(14)17(11)10-7-8-18-13(5-2,6-3)9-10/h10H,4-9H2,1-3H3. The van der Waals surface area contributed by atoms with Crippen LogP contribution in [0.15, 0.2) is 0 Å². The molecule has 2 rings (SSSR count).